The summed E-state index contributed by atoms with van der Waals surface area (Å²) in [5.41, 5.74) is 2.47. The van der Waals surface area contributed by atoms with Crippen LogP contribution >= 0.6 is 11.6 Å². The van der Waals surface area contributed by atoms with Crippen LogP contribution in [0.25, 0.3) is 0 Å². The predicted molar refractivity (Wildman–Crippen MR) is 117 cm³/mol. The van der Waals surface area contributed by atoms with Crippen molar-refractivity contribution in [2.45, 2.75) is 20.1 Å². The number of nitrogens with zero attached hydrogens (tertiary/aromatic N) is 3. The van der Waals surface area contributed by atoms with Crippen molar-refractivity contribution in [1.29, 1.82) is 0 Å². The summed E-state index contributed by atoms with van der Waals surface area (Å²) in [6, 6.07) is 12.7. The van der Waals surface area contributed by atoms with Crippen LogP contribution in [0.5, 0.6) is 0 Å². The molecule has 2 aromatic rings. The van der Waals surface area contributed by atoms with Crippen LogP contribution in [0.3, 0.4) is 0 Å². The van der Waals surface area contributed by atoms with E-state index in [2.05, 4.69) is 10.4 Å². The summed E-state index contributed by atoms with van der Waals surface area (Å²) in [5, 5.41) is 18.6. The van der Waals surface area contributed by atoms with Gasteiger partial charge in [0.1, 0.15) is 12.1 Å². The van der Waals surface area contributed by atoms with Gasteiger partial charge in [0.05, 0.1) is 22.7 Å². The van der Waals surface area contributed by atoms with E-state index in [1.165, 1.54) is 17.2 Å². The van der Waals surface area contributed by atoms with Gasteiger partial charge in [-0.2, -0.15) is 10.1 Å². The number of benzene rings is 2. The number of hydrogen-bond donors (Lipinski definition) is 2. The molecule has 4 rings (SSSR count). The van der Waals surface area contributed by atoms with Gasteiger partial charge in [-0.1, -0.05) is 41.4 Å². The van der Waals surface area contributed by atoms with Crippen LogP contribution in [0.15, 0.2) is 65.3 Å². The van der Waals surface area contributed by atoms with E-state index in [4.69, 9.17) is 11.6 Å². The van der Waals surface area contributed by atoms with Gasteiger partial charge in [-0.3, -0.25) is 9.59 Å². The van der Waals surface area contributed by atoms with Crippen LogP contribution in [-0.2, 0) is 9.59 Å². The number of carbonyl (C=O) groups is 3. The van der Waals surface area contributed by atoms with E-state index < -0.39 is 30.0 Å². The number of hydrazone groups is 1. The van der Waals surface area contributed by atoms with Crippen molar-refractivity contribution in [3.8, 4) is 0 Å². The summed E-state index contributed by atoms with van der Waals surface area (Å²) in [6.45, 7) is 3.58. The highest BCUT2D eigenvalue weighted by Gasteiger charge is 2.42. The van der Waals surface area contributed by atoms with Crippen molar-refractivity contribution in [2.75, 3.05) is 9.91 Å². The first-order valence-corrected chi connectivity index (χ1v) is 9.90. The van der Waals surface area contributed by atoms with E-state index in [-0.39, 0.29) is 11.3 Å². The molecule has 8 nitrogen and oxygen atoms in total. The Balaban J connectivity index is 1.66. The number of anilines is 2. The molecule has 2 aliphatic heterocycles. The molecule has 0 radical (unpaired) electrons. The monoisotopic (exact) mass is 438 g/mol. The van der Waals surface area contributed by atoms with Crippen LogP contribution in [0.4, 0.5) is 16.2 Å². The highest BCUT2D eigenvalue weighted by molar-refractivity contribution is 6.31. The molecule has 2 aliphatic rings. The molecule has 9 heteroatoms. The van der Waals surface area contributed by atoms with Gasteiger partial charge in [-0.15, -0.1) is 0 Å². The van der Waals surface area contributed by atoms with Gasteiger partial charge in [0, 0.05) is 5.02 Å². The number of urea groups is 1. The first-order valence-electron chi connectivity index (χ1n) is 9.53. The summed E-state index contributed by atoms with van der Waals surface area (Å²) >= 11 is 5.99. The lowest BCUT2D eigenvalue weighted by atomic mass is 9.97. The number of aliphatic hydroxyl groups is 1. The normalized spacial score (nSPS) is 22.8. The van der Waals surface area contributed by atoms with E-state index in [0.717, 1.165) is 10.5 Å². The first-order chi connectivity index (χ1) is 14.8. The molecule has 1 saturated heterocycles. The second-order valence-corrected chi connectivity index (χ2v) is 7.73. The molecule has 0 spiro atoms. The quantitative estimate of drug-likeness (QED) is 0.719. The summed E-state index contributed by atoms with van der Waals surface area (Å²) in [4.78, 5) is 39.3. The zero-order valence-corrected chi connectivity index (χ0v) is 17.5. The van der Waals surface area contributed by atoms with E-state index >= 15 is 0 Å². The van der Waals surface area contributed by atoms with Crippen molar-refractivity contribution in [2.24, 2.45) is 11.0 Å². The summed E-state index contributed by atoms with van der Waals surface area (Å²) in [5.74, 6) is -2.29. The number of hydrogen-bond acceptors (Lipinski definition) is 5. The summed E-state index contributed by atoms with van der Waals surface area (Å²) in [7, 11) is 0. The fraction of sp³-hybridized carbons (Fsp3) is 0.182. The number of aliphatic hydroxyl groups excluding tert-OH is 1. The topological polar surface area (TPSA) is 102 Å². The molecule has 2 atom stereocenters. The van der Waals surface area contributed by atoms with Crippen molar-refractivity contribution in [1.82, 2.24) is 5.32 Å². The molecule has 4 amide bonds. The van der Waals surface area contributed by atoms with Gasteiger partial charge in [0.2, 0.25) is 5.91 Å². The number of imide groups is 1. The Hall–Kier alpha value is -3.49. The molecule has 2 unspecified atom stereocenters. The number of aryl methyl sites for hydroxylation is 1. The number of amides is 4. The SMILES string of the molecule is CC1=NN(c2ccc(C)cc2)C(=O)/C1=C\C1C(=O)N(c2cccc(Cl)c2)C(=O)NC1O. The fourth-order valence-corrected chi connectivity index (χ4v) is 3.62. The lowest BCUT2D eigenvalue weighted by Gasteiger charge is -2.33. The lowest BCUT2D eigenvalue weighted by Crippen LogP contribution is -2.60. The number of rotatable bonds is 3. The maximum Gasteiger partial charge on any atom is 0.330 e. The first kappa shape index (κ1) is 20.8. The Morgan fingerprint density at radius 2 is 1.77 bits per heavy atom. The Morgan fingerprint density at radius 3 is 2.45 bits per heavy atom. The highest BCUT2D eigenvalue weighted by Crippen LogP contribution is 2.29. The minimum Gasteiger partial charge on any atom is -0.372 e. The van der Waals surface area contributed by atoms with Gasteiger partial charge in [-0.05, 0) is 44.2 Å². The minimum absolute atomic E-state index is 0.181. The number of nitrogens with one attached hydrogen (secondary N) is 1. The van der Waals surface area contributed by atoms with Crippen molar-refractivity contribution < 1.29 is 19.5 Å². The average molecular weight is 439 g/mol. The smallest absolute Gasteiger partial charge is 0.330 e. The Morgan fingerprint density at radius 1 is 1.06 bits per heavy atom. The minimum atomic E-state index is -1.49. The van der Waals surface area contributed by atoms with Crippen LogP contribution in [-0.4, -0.2) is 34.9 Å². The Kier molecular flexibility index (Phi) is 5.34. The fourth-order valence-electron chi connectivity index (χ4n) is 3.44. The standard InChI is InChI=1S/C22H19ClN4O4/c1-12-6-8-15(9-7-12)27-21(30)17(13(2)25-27)11-18-19(28)24-22(31)26(20(18)29)16-5-3-4-14(23)10-16/h3-11,18-19,28H,1-2H3,(H,24,31)/b17-11-. The lowest BCUT2D eigenvalue weighted by molar-refractivity contribution is -0.124. The van der Waals surface area contributed by atoms with Crippen molar-refractivity contribution >= 4 is 46.5 Å². The molecule has 0 saturated carbocycles. The van der Waals surface area contributed by atoms with E-state index in [0.29, 0.717) is 16.4 Å². The average Bonchev–Trinajstić information content (AvgIpc) is 2.99. The third kappa shape index (κ3) is 3.83. The van der Waals surface area contributed by atoms with E-state index in [1.807, 2.05) is 19.1 Å². The molecule has 2 heterocycles. The van der Waals surface area contributed by atoms with Gasteiger partial charge < -0.3 is 10.4 Å². The third-order valence-corrected chi connectivity index (χ3v) is 5.31. The Labute approximate surface area is 183 Å². The molecule has 0 bridgehead atoms. The zero-order valence-electron chi connectivity index (χ0n) is 16.7. The maximum atomic E-state index is 13.1. The molecule has 0 aromatic heterocycles. The van der Waals surface area contributed by atoms with Gasteiger partial charge in [0.15, 0.2) is 0 Å². The van der Waals surface area contributed by atoms with E-state index in [1.54, 1.807) is 37.3 Å². The molecular weight excluding hydrogens is 420 g/mol. The molecular formula is C22H19ClN4O4. The van der Waals surface area contributed by atoms with E-state index in [9.17, 15) is 19.5 Å². The predicted octanol–water partition coefficient (Wildman–Crippen LogP) is 2.99. The molecule has 1 fully saturated rings. The van der Waals surface area contributed by atoms with Crippen LogP contribution in [0.1, 0.15) is 12.5 Å². The van der Waals surface area contributed by atoms with Crippen LogP contribution in [0, 0.1) is 12.8 Å². The molecule has 2 aromatic carbocycles. The largest absolute Gasteiger partial charge is 0.372 e. The van der Waals surface area contributed by atoms with Gasteiger partial charge in [0.25, 0.3) is 5.91 Å². The van der Waals surface area contributed by atoms with Crippen LogP contribution in [0.2, 0.25) is 5.02 Å². The molecule has 0 aliphatic carbocycles. The maximum absolute atomic E-state index is 13.1. The third-order valence-electron chi connectivity index (χ3n) is 5.07. The molecule has 158 valence electrons. The van der Waals surface area contributed by atoms with Crippen molar-refractivity contribution in [3.63, 3.8) is 0 Å². The van der Waals surface area contributed by atoms with Gasteiger partial charge >= 0.3 is 6.03 Å². The second-order valence-electron chi connectivity index (χ2n) is 7.29. The molecule has 2 N–H and O–H groups in total. The van der Waals surface area contributed by atoms with Gasteiger partial charge in [-0.25, -0.2) is 9.69 Å². The summed E-state index contributed by atoms with van der Waals surface area (Å²) < 4.78 is 0. The van der Waals surface area contributed by atoms with Crippen molar-refractivity contribution in [3.05, 3.63) is 70.8 Å². The summed E-state index contributed by atoms with van der Waals surface area (Å²) in [6.07, 6.45) is -0.142. The number of carbonyl (C=O) groups excluding carboxylic acids is 3. The zero-order chi connectivity index (χ0) is 22.3. The highest BCUT2D eigenvalue weighted by atomic mass is 35.5. The molecule has 31 heavy (non-hydrogen) atoms. The second kappa shape index (κ2) is 7.98. The van der Waals surface area contributed by atoms with Crippen LogP contribution < -0.4 is 15.2 Å². The Bertz CT molecular complexity index is 1140. The number of halogens is 1.